The van der Waals surface area contributed by atoms with Crippen LogP contribution < -0.4 is 4.57 Å². The van der Waals surface area contributed by atoms with Gasteiger partial charge in [0, 0.05) is 16.5 Å². The minimum atomic E-state index is 0.740. The molecule has 0 aliphatic rings. The molecule has 0 fully saturated rings. The zero-order chi connectivity index (χ0) is 21.3. The highest BCUT2D eigenvalue weighted by Crippen LogP contribution is 2.34. The van der Waals surface area contributed by atoms with Crippen LogP contribution in [0.2, 0.25) is 0 Å². The molecule has 0 amide bonds. The summed E-state index contributed by atoms with van der Waals surface area (Å²) >= 11 is 0. The summed E-state index contributed by atoms with van der Waals surface area (Å²) in [5.74, 6) is 0.944. The van der Waals surface area contributed by atoms with E-state index in [1.807, 2.05) is 12.1 Å². The number of para-hydroxylation sites is 3. The van der Waals surface area contributed by atoms with Gasteiger partial charge in [-0.05, 0) is 23.8 Å². The van der Waals surface area contributed by atoms with E-state index in [0.717, 1.165) is 30.0 Å². The first-order chi connectivity index (χ1) is 15.9. The van der Waals surface area contributed by atoms with Gasteiger partial charge in [-0.15, -0.1) is 0 Å². The van der Waals surface area contributed by atoms with Crippen LogP contribution in [0.1, 0.15) is 11.1 Å². The van der Waals surface area contributed by atoms with Crippen molar-refractivity contribution in [3.8, 4) is 11.3 Å². The van der Waals surface area contributed by atoms with E-state index in [4.69, 9.17) is 4.42 Å². The number of hydrogen-bond donors (Lipinski definition) is 0. The molecule has 0 atom stereocenters. The van der Waals surface area contributed by atoms with Crippen molar-refractivity contribution in [1.82, 2.24) is 4.57 Å². The Balaban J connectivity index is 1.49. The second-order valence-corrected chi connectivity index (χ2v) is 8.12. The molecule has 6 rings (SSSR count). The molecule has 0 N–H and O–H groups in total. The molecule has 154 valence electrons. The maximum Gasteiger partial charge on any atom is 0.245 e. The van der Waals surface area contributed by atoms with E-state index in [9.17, 15) is 0 Å². The Morgan fingerprint density at radius 3 is 2.22 bits per heavy atom. The van der Waals surface area contributed by atoms with Crippen LogP contribution >= 0.6 is 0 Å². The average Bonchev–Trinajstić information content (AvgIpc) is 3.39. The monoisotopic (exact) mass is 415 g/mol. The van der Waals surface area contributed by atoms with Crippen molar-refractivity contribution in [2.75, 3.05) is 0 Å². The molecule has 32 heavy (non-hydrogen) atoms. The van der Waals surface area contributed by atoms with Crippen molar-refractivity contribution in [2.45, 2.75) is 13.1 Å². The van der Waals surface area contributed by atoms with Gasteiger partial charge in [-0.3, -0.25) is 0 Å². The van der Waals surface area contributed by atoms with Gasteiger partial charge in [0.2, 0.25) is 6.33 Å². The van der Waals surface area contributed by atoms with Crippen LogP contribution in [0.5, 0.6) is 0 Å². The molecule has 6 aromatic rings. The Labute approximate surface area is 186 Å². The molecular formula is C29H23N2O+. The number of furan rings is 1. The van der Waals surface area contributed by atoms with Crippen molar-refractivity contribution in [2.24, 2.45) is 0 Å². The Morgan fingerprint density at radius 2 is 1.38 bits per heavy atom. The van der Waals surface area contributed by atoms with Crippen molar-refractivity contribution < 1.29 is 8.98 Å². The van der Waals surface area contributed by atoms with E-state index >= 15 is 0 Å². The largest absolute Gasteiger partial charge is 0.456 e. The SMILES string of the molecule is c1ccc(C[n+]2cn(Cc3c(-c4ccccc4)oc4ccccc34)c3ccccc32)cc1. The summed E-state index contributed by atoms with van der Waals surface area (Å²) in [6.07, 6.45) is 2.23. The number of rotatable bonds is 5. The fourth-order valence-electron chi connectivity index (χ4n) is 4.52. The van der Waals surface area contributed by atoms with Gasteiger partial charge in [-0.2, -0.15) is 0 Å². The third-order valence-electron chi connectivity index (χ3n) is 6.04. The predicted octanol–water partition coefficient (Wildman–Crippen LogP) is 6.44. The quantitative estimate of drug-likeness (QED) is 0.297. The number of aromatic nitrogens is 2. The zero-order valence-corrected chi connectivity index (χ0v) is 17.7. The molecular weight excluding hydrogens is 392 g/mol. The Morgan fingerprint density at radius 1 is 0.688 bits per heavy atom. The lowest BCUT2D eigenvalue weighted by Crippen LogP contribution is -2.32. The fourth-order valence-corrected chi connectivity index (χ4v) is 4.52. The molecule has 3 heteroatoms. The minimum Gasteiger partial charge on any atom is -0.456 e. The molecule has 0 saturated heterocycles. The molecule has 0 unspecified atom stereocenters. The lowest BCUT2D eigenvalue weighted by molar-refractivity contribution is -0.663. The summed E-state index contributed by atoms with van der Waals surface area (Å²) in [6, 6.07) is 37.9. The van der Waals surface area contributed by atoms with Gasteiger partial charge in [-0.25, -0.2) is 9.13 Å². The Kier molecular flexibility index (Phi) is 4.58. The van der Waals surface area contributed by atoms with Gasteiger partial charge in [-0.1, -0.05) is 91.0 Å². The summed E-state index contributed by atoms with van der Waals surface area (Å²) in [4.78, 5) is 0. The van der Waals surface area contributed by atoms with E-state index in [1.54, 1.807) is 0 Å². The molecule has 4 aromatic carbocycles. The van der Waals surface area contributed by atoms with E-state index < -0.39 is 0 Å². The van der Waals surface area contributed by atoms with Gasteiger partial charge < -0.3 is 4.42 Å². The third kappa shape index (κ3) is 3.28. The first-order valence-corrected chi connectivity index (χ1v) is 10.9. The number of nitrogens with zero attached hydrogens (tertiary/aromatic N) is 2. The van der Waals surface area contributed by atoms with Crippen LogP contribution in [-0.4, -0.2) is 4.57 Å². The Hall–Kier alpha value is -4.11. The van der Waals surface area contributed by atoms with Crippen LogP contribution in [-0.2, 0) is 13.1 Å². The standard InChI is InChI=1S/C29H23N2O/c1-3-11-22(12-4-1)19-30-21-31(27-17-9-8-16-26(27)30)20-25-24-15-7-10-18-28(24)32-29(25)23-13-5-2-6-14-23/h1-18,21H,19-20H2/q+1. The summed E-state index contributed by atoms with van der Waals surface area (Å²) in [5.41, 5.74) is 6.97. The summed E-state index contributed by atoms with van der Waals surface area (Å²) in [5, 5.41) is 1.17. The lowest BCUT2D eigenvalue weighted by atomic mass is 10.1. The van der Waals surface area contributed by atoms with Gasteiger partial charge >= 0.3 is 0 Å². The second kappa shape index (κ2) is 7.86. The first kappa shape index (κ1) is 18.6. The second-order valence-electron chi connectivity index (χ2n) is 8.12. The van der Waals surface area contributed by atoms with Gasteiger partial charge in [0.05, 0.1) is 0 Å². The van der Waals surface area contributed by atoms with Gasteiger partial charge in [0.1, 0.15) is 24.4 Å². The number of hydrogen-bond acceptors (Lipinski definition) is 1. The van der Waals surface area contributed by atoms with Gasteiger partial charge in [0.15, 0.2) is 11.0 Å². The van der Waals surface area contributed by atoms with Crippen molar-refractivity contribution in [3.05, 3.63) is 127 Å². The highest BCUT2D eigenvalue weighted by molar-refractivity contribution is 5.88. The van der Waals surface area contributed by atoms with E-state index in [-0.39, 0.29) is 0 Å². The van der Waals surface area contributed by atoms with Crippen molar-refractivity contribution in [3.63, 3.8) is 0 Å². The number of benzene rings is 4. The zero-order valence-electron chi connectivity index (χ0n) is 17.7. The van der Waals surface area contributed by atoms with E-state index in [2.05, 4.69) is 113 Å². The molecule has 0 bridgehead atoms. The average molecular weight is 416 g/mol. The highest BCUT2D eigenvalue weighted by atomic mass is 16.3. The fraction of sp³-hybridized carbons (Fsp3) is 0.0690. The van der Waals surface area contributed by atoms with E-state index in [1.165, 1.54) is 27.5 Å². The lowest BCUT2D eigenvalue weighted by Gasteiger charge is -2.02. The molecule has 0 radical (unpaired) electrons. The molecule has 2 aromatic heterocycles. The first-order valence-electron chi connectivity index (χ1n) is 10.9. The summed E-state index contributed by atoms with van der Waals surface area (Å²) in [6.45, 7) is 1.58. The maximum absolute atomic E-state index is 6.35. The molecule has 2 heterocycles. The molecule has 3 nitrogen and oxygen atoms in total. The molecule has 0 aliphatic carbocycles. The molecule has 0 spiro atoms. The minimum absolute atomic E-state index is 0.740. The molecule has 0 saturated carbocycles. The predicted molar refractivity (Wildman–Crippen MR) is 128 cm³/mol. The Bertz CT molecular complexity index is 1510. The highest BCUT2D eigenvalue weighted by Gasteiger charge is 2.21. The van der Waals surface area contributed by atoms with Crippen LogP contribution in [0.25, 0.3) is 33.3 Å². The van der Waals surface area contributed by atoms with Crippen LogP contribution in [0.15, 0.2) is 120 Å². The normalized spacial score (nSPS) is 11.4. The smallest absolute Gasteiger partial charge is 0.245 e. The van der Waals surface area contributed by atoms with Gasteiger partial charge in [0.25, 0.3) is 0 Å². The van der Waals surface area contributed by atoms with Crippen molar-refractivity contribution >= 4 is 22.0 Å². The van der Waals surface area contributed by atoms with Crippen molar-refractivity contribution in [1.29, 1.82) is 0 Å². The summed E-state index contributed by atoms with van der Waals surface area (Å²) < 4.78 is 11.0. The summed E-state index contributed by atoms with van der Waals surface area (Å²) in [7, 11) is 0. The van der Waals surface area contributed by atoms with E-state index in [0.29, 0.717) is 0 Å². The maximum atomic E-state index is 6.35. The van der Waals surface area contributed by atoms with Crippen LogP contribution in [0.4, 0.5) is 0 Å². The number of fused-ring (bicyclic) bond motifs is 2. The van der Waals surface area contributed by atoms with Crippen LogP contribution in [0, 0.1) is 0 Å². The third-order valence-corrected chi connectivity index (χ3v) is 6.04. The number of imidazole rings is 1. The van der Waals surface area contributed by atoms with Crippen LogP contribution in [0.3, 0.4) is 0 Å². The molecule has 0 aliphatic heterocycles. The topological polar surface area (TPSA) is 21.9 Å².